The van der Waals surface area contributed by atoms with Gasteiger partial charge in [0.2, 0.25) is 5.91 Å². The van der Waals surface area contributed by atoms with Crippen LogP contribution in [0.25, 0.3) is 0 Å². The monoisotopic (exact) mass is 265 g/mol. The van der Waals surface area contributed by atoms with Crippen LogP contribution in [0.5, 0.6) is 0 Å². The van der Waals surface area contributed by atoms with Crippen molar-refractivity contribution in [1.29, 1.82) is 0 Å². The number of hydrogen-bond donors (Lipinski definition) is 1. The lowest BCUT2D eigenvalue weighted by Gasteiger charge is -2.25. The van der Waals surface area contributed by atoms with Crippen molar-refractivity contribution in [3.05, 3.63) is 24.5 Å². The molecule has 0 saturated heterocycles. The van der Waals surface area contributed by atoms with Crippen LogP contribution in [0.2, 0.25) is 0 Å². The molecule has 1 atom stereocenters. The van der Waals surface area contributed by atoms with Gasteiger partial charge in [0.1, 0.15) is 0 Å². The molecule has 4 nitrogen and oxygen atoms in total. The minimum atomic E-state index is -0.377. The zero-order chi connectivity index (χ0) is 13.5. The summed E-state index contributed by atoms with van der Waals surface area (Å²) in [6.07, 6.45) is 4.90. The SMILES string of the molecule is CCCC(C(=O)N(CC)c1ccncc1)C(N)=S. The molecule has 2 N–H and O–H groups in total. The van der Waals surface area contributed by atoms with Crippen molar-refractivity contribution in [3.63, 3.8) is 0 Å². The molecule has 0 aliphatic rings. The summed E-state index contributed by atoms with van der Waals surface area (Å²) in [5.41, 5.74) is 6.49. The van der Waals surface area contributed by atoms with Gasteiger partial charge in [-0.15, -0.1) is 0 Å². The smallest absolute Gasteiger partial charge is 0.236 e. The molecule has 0 aliphatic carbocycles. The highest BCUT2D eigenvalue weighted by molar-refractivity contribution is 7.80. The number of nitrogens with two attached hydrogens (primary N) is 1. The molecule has 0 saturated carbocycles. The van der Waals surface area contributed by atoms with Crippen LogP contribution in [-0.4, -0.2) is 22.4 Å². The van der Waals surface area contributed by atoms with E-state index in [1.165, 1.54) is 0 Å². The van der Waals surface area contributed by atoms with E-state index in [9.17, 15) is 4.79 Å². The summed E-state index contributed by atoms with van der Waals surface area (Å²) in [7, 11) is 0. The van der Waals surface area contributed by atoms with Crippen LogP contribution in [0.4, 0.5) is 5.69 Å². The normalized spacial score (nSPS) is 11.9. The van der Waals surface area contributed by atoms with Crippen LogP contribution in [-0.2, 0) is 4.79 Å². The van der Waals surface area contributed by atoms with Crippen LogP contribution >= 0.6 is 12.2 Å². The summed E-state index contributed by atoms with van der Waals surface area (Å²) >= 11 is 4.99. The molecule has 5 heteroatoms. The van der Waals surface area contributed by atoms with Gasteiger partial charge in [-0.05, 0) is 25.5 Å². The summed E-state index contributed by atoms with van der Waals surface area (Å²) < 4.78 is 0. The van der Waals surface area contributed by atoms with Crippen LogP contribution < -0.4 is 10.6 Å². The number of carbonyl (C=O) groups excluding carboxylic acids is 1. The maximum atomic E-state index is 12.4. The molecule has 0 radical (unpaired) electrons. The average Bonchev–Trinajstić information content (AvgIpc) is 2.37. The third-order valence-corrected chi connectivity index (χ3v) is 3.06. The van der Waals surface area contributed by atoms with Gasteiger partial charge in [0, 0.05) is 24.6 Å². The summed E-state index contributed by atoms with van der Waals surface area (Å²) in [6, 6.07) is 3.62. The van der Waals surface area contributed by atoms with Crippen molar-refractivity contribution in [2.24, 2.45) is 11.7 Å². The highest BCUT2D eigenvalue weighted by atomic mass is 32.1. The van der Waals surface area contributed by atoms with Gasteiger partial charge in [-0.1, -0.05) is 25.6 Å². The van der Waals surface area contributed by atoms with Crippen molar-refractivity contribution in [1.82, 2.24) is 4.98 Å². The van der Waals surface area contributed by atoms with Gasteiger partial charge in [-0.2, -0.15) is 0 Å². The first kappa shape index (κ1) is 14.6. The first-order valence-electron chi connectivity index (χ1n) is 6.12. The van der Waals surface area contributed by atoms with Crippen molar-refractivity contribution < 1.29 is 4.79 Å². The molecule has 0 fully saturated rings. The standard InChI is InChI=1S/C13H19N3OS/c1-3-5-11(12(14)18)13(17)16(4-2)10-6-8-15-9-7-10/h6-9,11H,3-5H2,1-2H3,(H2,14,18). The van der Waals surface area contributed by atoms with E-state index in [1.807, 2.05) is 26.0 Å². The molecule has 1 aromatic rings. The Labute approximate surface area is 113 Å². The predicted molar refractivity (Wildman–Crippen MR) is 77.4 cm³/mol. The van der Waals surface area contributed by atoms with Gasteiger partial charge in [0.15, 0.2) is 0 Å². The molecular formula is C13H19N3OS. The van der Waals surface area contributed by atoms with Crippen molar-refractivity contribution in [2.75, 3.05) is 11.4 Å². The molecule has 0 aromatic carbocycles. The summed E-state index contributed by atoms with van der Waals surface area (Å²) in [5, 5.41) is 0. The highest BCUT2D eigenvalue weighted by Gasteiger charge is 2.25. The summed E-state index contributed by atoms with van der Waals surface area (Å²) in [6.45, 7) is 4.54. The molecule has 1 amide bonds. The van der Waals surface area contributed by atoms with E-state index in [0.717, 1.165) is 12.1 Å². The van der Waals surface area contributed by atoms with Gasteiger partial charge < -0.3 is 10.6 Å². The molecule has 98 valence electrons. The van der Waals surface area contributed by atoms with Crippen LogP contribution in [0.1, 0.15) is 26.7 Å². The Morgan fingerprint density at radius 3 is 2.50 bits per heavy atom. The minimum absolute atomic E-state index is 0.0296. The van der Waals surface area contributed by atoms with Crippen LogP contribution in [0.15, 0.2) is 24.5 Å². The van der Waals surface area contributed by atoms with Gasteiger partial charge in [0.25, 0.3) is 0 Å². The maximum absolute atomic E-state index is 12.4. The number of aromatic nitrogens is 1. The quantitative estimate of drug-likeness (QED) is 0.801. The van der Waals surface area contributed by atoms with E-state index in [4.69, 9.17) is 18.0 Å². The molecular weight excluding hydrogens is 246 g/mol. The predicted octanol–water partition coefficient (Wildman–Crippen LogP) is 2.14. The largest absolute Gasteiger partial charge is 0.393 e. The van der Waals surface area contributed by atoms with Crippen LogP contribution in [0, 0.1) is 5.92 Å². The average molecular weight is 265 g/mol. The minimum Gasteiger partial charge on any atom is -0.393 e. The fourth-order valence-corrected chi connectivity index (χ4v) is 2.07. The Morgan fingerprint density at radius 2 is 2.06 bits per heavy atom. The Hall–Kier alpha value is -1.49. The number of anilines is 1. The number of amides is 1. The number of carbonyl (C=O) groups is 1. The topological polar surface area (TPSA) is 59.2 Å². The second-order valence-corrected chi connectivity index (χ2v) is 4.50. The molecule has 0 bridgehead atoms. The van der Waals surface area contributed by atoms with E-state index >= 15 is 0 Å². The van der Waals surface area contributed by atoms with E-state index in [-0.39, 0.29) is 16.8 Å². The van der Waals surface area contributed by atoms with Gasteiger partial charge in [-0.25, -0.2) is 0 Å². The van der Waals surface area contributed by atoms with E-state index in [1.54, 1.807) is 17.3 Å². The summed E-state index contributed by atoms with van der Waals surface area (Å²) in [4.78, 5) is 18.4. The van der Waals surface area contributed by atoms with Crippen LogP contribution in [0.3, 0.4) is 0 Å². The first-order chi connectivity index (χ1) is 8.61. The van der Waals surface area contributed by atoms with Crippen molar-refractivity contribution >= 4 is 28.8 Å². The lowest BCUT2D eigenvalue weighted by atomic mass is 10.0. The fourth-order valence-electron chi connectivity index (χ4n) is 1.85. The third kappa shape index (κ3) is 3.50. The number of nitrogens with zero attached hydrogens (tertiary/aromatic N) is 2. The van der Waals surface area contributed by atoms with E-state index < -0.39 is 0 Å². The Bertz CT molecular complexity index is 408. The first-order valence-corrected chi connectivity index (χ1v) is 6.53. The Kier molecular flexibility index (Phi) is 5.71. The van der Waals surface area contributed by atoms with E-state index in [0.29, 0.717) is 13.0 Å². The summed E-state index contributed by atoms with van der Waals surface area (Å²) in [5.74, 6) is -0.406. The third-order valence-electron chi connectivity index (χ3n) is 2.78. The number of pyridine rings is 1. The van der Waals surface area contributed by atoms with Gasteiger partial charge in [-0.3, -0.25) is 9.78 Å². The molecule has 1 rings (SSSR count). The van der Waals surface area contributed by atoms with Crippen molar-refractivity contribution in [3.8, 4) is 0 Å². The van der Waals surface area contributed by atoms with Gasteiger partial charge in [0.05, 0.1) is 10.9 Å². The molecule has 18 heavy (non-hydrogen) atoms. The molecule has 0 spiro atoms. The van der Waals surface area contributed by atoms with E-state index in [2.05, 4.69) is 4.98 Å². The molecule has 1 heterocycles. The molecule has 1 aromatic heterocycles. The highest BCUT2D eigenvalue weighted by Crippen LogP contribution is 2.18. The molecule has 0 aliphatic heterocycles. The number of hydrogen-bond acceptors (Lipinski definition) is 3. The number of rotatable bonds is 6. The second kappa shape index (κ2) is 7.06. The lowest BCUT2D eigenvalue weighted by Crippen LogP contribution is -2.41. The lowest BCUT2D eigenvalue weighted by molar-refractivity contribution is -0.120. The zero-order valence-corrected chi connectivity index (χ0v) is 11.6. The zero-order valence-electron chi connectivity index (χ0n) is 10.8. The van der Waals surface area contributed by atoms with Gasteiger partial charge >= 0.3 is 0 Å². The number of thiocarbonyl (C=S) groups is 1. The van der Waals surface area contributed by atoms with Crippen molar-refractivity contribution in [2.45, 2.75) is 26.7 Å². The fraction of sp³-hybridized carbons (Fsp3) is 0.462. The second-order valence-electron chi connectivity index (χ2n) is 4.03. The maximum Gasteiger partial charge on any atom is 0.236 e. The Morgan fingerprint density at radius 1 is 1.44 bits per heavy atom. The molecule has 1 unspecified atom stereocenters. The Balaban J connectivity index is 2.94.